The van der Waals surface area contributed by atoms with Crippen LogP contribution < -0.4 is 5.73 Å². The molecule has 3 nitrogen and oxygen atoms in total. The summed E-state index contributed by atoms with van der Waals surface area (Å²) in [6.45, 7) is 0. The second-order valence-electron chi connectivity index (χ2n) is 7.87. The number of fused-ring (bicyclic) bond motifs is 1. The van der Waals surface area contributed by atoms with Gasteiger partial charge < -0.3 is 5.73 Å². The lowest BCUT2D eigenvalue weighted by Crippen LogP contribution is -2.58. The number of thiazole rings is 1. The van der Waals surface area contributed by atoms with Crippen molar-refractivity contribution >= 4 is 27.5 Å². The van der Waals surface area contributed by atoms with Gasteiger partial charge in [-0.05, 0) is 62.5 Å². The average Bonchev–Trinajstić information content (AvgIpc) is 2.90. The maximum atomic E-state index is 12.2. The van der Waals surface area contributed by atoms with Crippen LogP contribution >= 0.6 is 11.3 Å². The minimum atomic E-state index is -0.248. The van der Waals surface area contributed by atoms with Crippen molar-refractivity contribution in [2.45, 2.75) is 43.9 Å². The lowest BCUT2D eigenvalue weighted by Gasteiger charge is -2.60. The minimum absolute atomic E-state index is 0.0629. The predicted octanol–water partition coefficient (Wildman–Crippen LogP) is 3.62. The molecule has 2 N–H and O–H groups in total. The molecule has 2 unspecified atom stereocenters. The molecule has 2 atom stereocenters. The third-order valence-corrected chi connectivity index (χ3v) is 7.61. The topological polar surface area (TPSA) is 56.0 Å². The van der Waals surface area contributed by atoms with Gasteiger partial charge in [-0.1, -0.05) is 12.1 Å². The molecule has 1 amide bonds. The molecule has 4 saturated carbocycles. The van der Waals surface area contributed by atoms with E-state index in [4.69, 9.17) is 10.7 Å². The number of aromatic nitrogens is 1. The molecule has 2 aromatic rings. The van der Waals surface area contributed by atoms with Gasteiger partial charge in [0.1, 0.15) is 5.01 Å². The fourth-order valence-corrected chi connectivity index (χ4v) is 7.07. The Labute approximate surface area is 133 Å². The van der Waals surface area contributed by atoms with Gasteiger partial charge in [-0.15, -0.1) is 11.3 Å². The van der Waals surface area contributed by atoms with Gasteiger partial charge >= 0.3 is 0 Å². The number of carbonyl (C=O) groups excluding carboxylic acids is 1. The van der Waals surface area contributed by atoms with Gasteiger partial charge in [-0.2, -0.15) is 0 Å². The van der Waals surface area contributed by atoms with Crippen LogP contribution in [0.3, 0.4) is 0 Å². The molecule has 4 bridgehead atoms. The normalized spacial score (nSPS) is 39.5. The van der Waals surface area contributed by atoms with E-state index in [0.717, 1.165) is 24.8 Å². The first-order valence-electron chi connectivity index (χ1n) is 8.25. The Kier molecular flexibility index (Phi) is 2.44. The second kappa shape index (κ2) is 4.10. The molecule has 22 heavy (non-hydrogen) atoms. The molecule has 0 spiro atoms. The van der Waals surface area contributed by atoms with Crippen molar-refractivity contribution in [1.82, 2.24) is 4.98 Å². The molecule has 4 aliphatic carbocycles. The number of primary amides is 1. The molecule has 4 heteroatoms. The molecule has 0 radical (unpaired) electrons. The summed E-state index contributed by atoms with van der Waals surface area (Å²) in [5, 5.41) is 1.26. The predicted molar refractivity (Wildman–Crippen MR) is 87.6 cm³/mol. The summed E-state index contributed by atoms with van der Waals surface area (Å²) in [6, 6.07) is 8.38. The Balaban J connectivity index is 1.65. The summed E-state index contributed by atoms with van der Waals surface area (Å²) in [7, 11) is 0. The smallest absolute Gasteiger partial charge is 0.223 e. The lowest BCUT2D eigenvalue weighted by atomic mass is 9.44. The van der Waals surface area contributed by atoms with Crippen LogP contribution in [0.25, 0.3) is 10.2 Å². The lowest BCUT2D eigenvalue weighted by molar-refractivity contribution is -0.145. The second-order valence-corrected chi connectivity index (χ2v) is 8.90. The van der Waals surface area contributed by atoms with Gasteiger partial charge in [0.2, 0.25) is 5.91 Å². The first-order chi connectivity index (χ1) is 10.6. The van der Waals surface area contributed by atoms with Gasteiger partial charge in [-0.3, -0.25) is 4.79 Å². The van der Waals surface area contributed by atoms with E-state index in [1.807, 2.05) is 11.3 Å². The highest BCUT2D eigenvalue weighted by Crippen LogP contribution is 2.66. The quantitative estimate of drug-likeness (QED) is 0.921. The standard InChI is InChI=1S/C18H20N2OS/c19-15(21)17-6-11-5-12(7-17)9-18(8-11,10-17)16-20-13-3-1-2-4-14(13)22-16/h1-4,11-12H,5-10H2,(H2,19,21). The Morgan fingerprint density at radius 3 is 2.59 bits per heavy atom. The SMILES string of the molecule is NC(=O)C12CC3CC(C1)CC(c1nc4ccccc4s1)(C3)C2. The first-order valence-corrected chi connectivity index (χ1v) is 9.06. The molecule has 0 saturated heterocycles. The third kappa shape index (κ3) is 1.62. The molecule has 4 aliphatic rings. The number of benzene rings is 1. The van der Waals surface area contributed by atoms with Crippen LogP contribution in [-0.4, -0.2) is 10.9 Å². The zero-order valence-corrected chi connectivity index (χ0v) is 13.4. The van der Waals surface area contributed by atoms with Gasteiger partial charge in [0, 0.05) is 5.41 Å². The molecule has 4 fully saturated rings. The van der Waals surface area contributed by atoms with Gasteiger partial charge in [0.25, 0.3) is 0 Å². The molecule has 6 rings (SSSR count). The third-order valence-electron chi connectivity index (χ3n) is 6.33. The largest absolute Gasteiger partial charge is 0.369 e. The van der Waals surface area contributed by atoms with E-state index in [2.05, 4.69) is 24.3 Å². The summed E-state index contributed by atoms with van der Waals surface area (Å²) in [6.07, 6.45) is 6.68. The van der Waals surface area contributed by atoms with Gasteiger partial charge in [-0.25, -0.2) is 4.98 Å². The van der Waals surface area contributed by atoms with E-state index < -0.39 is 0 Å². The van der Waals surface area contributed by atoms with Crippen LogP contribution in [0.4, 0.5) is 0 Å². The van der Waals surface area contributed by atoms with E-state index in [-0.39, 0.29) is 16.7 Å². The Hall–Kier alpha value is -1.42. The molecule has 1 heterocycles. The highest BCUT2D eigenvalue weighted by atomic mass is 32.1. The number of para-hydroxylation sites is 1. The number of hydrogen-bond acceptors (Lipinski definition) is 3. The average molecular weight is 312 g/mol. The van der Waals surface area contributed by atoms with Crippen molar-refractivity contribution in [3.63, 3.8) is 0 Å². The van der Waals surface area contributed by atoms with Gasteiger partial charge in [0.05, 0.1) is 15.6 Å². The van der Waals surface area contributed by atoms with E-state index >= 15 is 0 Å². The Morgan fingerprint density at radius 1 is 1.18 bits per heavy atom. The molecule has 0 aliphatic heterocycles. The maximum absolute atomic E-state index is 12.2. The van der Waals surface area contributed by atoms with Crippen molar-refractivity contribution in [3.8, 4) is 0 Å². The maximum Gasteiger partial charge on any atom is 0.223 e. The van der Waals surface area contributed by atoms with Crippen LogP contribution in [0.2, 0.25) is 0 Å². The monoisotopic (exact) mass is 312 g/mol. The Bertz CT molecular complexity index is 733. The van der Waals surface area contributed by atoms with Gasteiger partial charge in [0.15, 0.2) is 0 Å². The van der Waals surface area contributed by atoms with E-state index in [9.17, 15) is 4.79 Å². The van der Waals surface area contributed by atoms with Crippen LogP contribution in [0.15, 0.2) is 24.3 Å². The van der Waals surface area contributed by atoms with E-state index in [0.29, 0.717) is 11.8 Å². The number of rotatable bonds is 2. The van der Waals surface area contributed by atoms with Crippen molar-refractivity contribution in [2.75, 3.05) is 0 Å². The summed E-state index contributed by atoms with van der Waals surface area (Å²) in [5.41, 5.74) is 6.82. The van der Waals surface area contributed by atoms with Crippen molar-refractivity contribution in [2.24, 2.45) is 23.0 Å². The summed E-state index contributed by atoms with van der Waals surface area (Å²) in [5.74, 6) is 1.27. The fraction of sp³-hybridized carbons (Fsp3) is 0.556. The molecule has 1 aromatic heterocycles. The zero-order chi connectivity index (χ0) is 14.9. The molecule has 1 aromatic carbocycles. The minimum Gasteiger partial charge on any atom is -0.369 e. The van der Waals surface area contributed by atoms with Crippen LogP contribution in [-0.2, 0) is 10.2 Å². The Morgan fingerprint density at radius 2 is 1.91 bits per heavy atom. The number of carbonyl (C=O) groups is 1. The summed E-state index contributed by atoms with van der Waals surface area (Å²) in [4.78, 5) is 17.2. The van der Waals surface area contributed by atoms with E-state index in [1.54, 1.807) is 0 Å². The fourth-order valence-electron chi connectivity index (χ4n) is 5.90. The number of nitrogens with two attached hydrogens (primary N) is 1. The highest BCUT2D eigenvalue weighted by Gasteiger charge is 2.61. The van der Waals surface area contributed by atoms with Crippen molar-refractivity contribution < 1.29 is 4.79 Å². The number of nitrogens with zero attached hydrogens (tertiary/aromatic N) is 1. The zero-order valence-electron chi connectivity index (χ0n) is 12.5. The number of hydrogen-bond donors (Lipinski definition) is 1. The molecular weight excluding hydrogens is 292 g/mol. The number of amides is 1. The molecular formula is C18H20N2OS. The highest BCUT2D eigenvalue weighted by molar-refractivity contribution is 7.18. The van der Waals surface area contributed by atoms with Crippen LogP contribution in [0.5, 0.6) is 0 Å². The van der Waals surface area contributed by atoms with Crippen molar-refractivity contribution in [1.29, 1.82) is 0 Å². The van der Waals surface area contributed by atoms with Crippen LogP contribution in [0, 0.1) is 17.3 Å². The molecule has 114 valence electrons. The summed E-state index contributed by atoms with van der Waals surface area (Å²) < 4.78 is 1.27. The van der Waals surface area contributed by atoms with Crippen molar-refractivity contribution in [3.05, 3.63) is 29.3 Å². The summed E-state index contributed by atoms with van der Waals surface area (Å²) >= 11 is 1.83. The van der Waals surface area contributed by atoms with Crippen LogP contribution in [0.1, 0.15) is 43.5 Å². The van der Waals surface area contributed by atoms with E-state index in [1.165, 1.54) is 29.0 Å². The first kappa shape index (κ1) is 13.1.